The van der Waals surface area contributed by atoms with Gasteiger partial charge in [-0.15, -0.1) is 0 Å². The molecule has 1 heterocycles. The Balaban J connectivity index is 2.00. The van der Waals surface area contributed by atoms with Gasteiger partial charge in [-0.2, -0.15) is 0 Å². The van der Waals surface area contributed by atoms with Crippen molar-refractivity contribution in [3.63, 3.8) is 0 Å². The molecule has 2 aromatic rings. The molecule has 0 fully saturated rings. The quantitative estimate of drug-likeness (QED) is 0.919. The van der Waals surface area contributed by atoms with Crippen LogP contribution in [-0.2, 0) is 4.79 Å². The molecule has 0 bridgehead atoms. The predicted octanol–water partition coefficient (Wildman–Crippen LogP) is 2.22. The van der Waals surface area contributed by atoms with Crippen LogP contribution in [-0.4, -0.2) is 35.0 Å². The van der Waals surface area contributed by atoms with Gasteiger partial charge in [-0.05, 0) is 38.1 Å². The van der Waals surface area contributed by atoms with Gasteiger partial charge in [-0.1, -0.05) is 5.16 Å². The van der Waals surface area contributed by atoms with Gasteiger partial charge in [0, 0.05) is 18.2 Å². The van der Waals surface area contributed by atoms with Crippen LogP contribution in [0, 0.1) is 12.7 Å². The van der Waals surface area contributed by atoms with Crippen LogP contribution < -0.4 is 5.32 Å². The van der Waals surface area contributed by atoms with E-state index in [2.05, 4.69) is 10.5 Å². The molecule has 6 nitrogen and oxygen atoms in total. The molecular formula is C15H16FN3O3. The Labute approximate surface area is 126 Å². The highest BCUT2D eigenvalue weighted by molar-refractivity contribution is 5.99. The van der Waals surface area contributed by atoms with E-state index < -0.39 is 5.82 Å². The van der Waals surface area contributed by atoms with Crippen LogP contribution in [0.5, 0.6) is 0 Å². The Kier molecular flexibility index (Phi) is 4.88. The van der Waals surface area contributed by atoms with Crippen LogP contribution in [0.1, 0.15) is 23.0 Å². The first-order chi connectivity index (χ1) is 10.5. The summed E-state index contributed by atoms with van der Waals surface area (Å²) in [5.41, 5.74) is 0.327. The summed E-state index contributed by atoms with van der Waals surface area (Å²) in [5.74, 6) is -0.267. The number of likely N-dealkylation sites (N-methyl/N-ethyl adjacent to an activating group) is 1. The molecule has 0 saturated carbocycles. The average molecular weight is 305 g/mol. The summed E-state index contributed by atoms with van der Waals surface area (Å²) < 4.78 is 17.7. The molecule has 1 aromatic heterocycles. The van der Waals surface area contributed by atoms with E-state index in [-0.39, 0.29) is 18.4 Å². The Morgan fingerprint density at radius 1 is 1.32 bits per heavy atom. The summed E-state index contributed by atoms with van der Waals surface area (Å²) in [4.78, 5) is 25.6. The number of amides is 2. The van der Waals surface area contributed by atoms with Crippen molar-refractivity contribution in [3.05, 3.63) is 47.5 Å². The summed E-state index contributed by atoms with van der Waals surface area (Å²) >= 11 is 0. The minimum Gasteiger partial charge on any atom is -0.360 e. The van der Waals surface area contributed by atoms with E-state index in [9.17, 15) is 14.0 Å². The van der Waals surface area contributed by atoms with Crippen molar-refractivity contribution >= 4 is 17.6 Å². The number of anilines is 1. The monoisotopic (exact) mass is 305 g/mol. The Bertz CT molecular complexity index is 667. The Morgan fingerprint density at radius 3 is 2.55 bits per heavy atom. The largest absolute Gasteiger partial charge is 0.360 e. The van der Waals surface area contributed by atoms with E-state index in [4.69, 9.17) is 4.52 Å². The number of nitrogens with zero attached hydrogens (tertiary/aromatic N) is 2. The van der Waals surface area contributed by atoms with E-state index in [0.717, 1.165) is 0 Å². The highest BCUT2D eigenvalue weighted by atomic mass is 19.1. The molecule has 0 aliphatic heterocycles. The molecule has 7 heteroatoms. The number of hydrogen-bond acceptors (Lipinski definition) is 4. The van der Waals surface area contributed by atoms with Gasteiger partial charge in [-0.3, -0.25) is 9.59 Å². The van der Waals surface area contributed by atoms with Crippen molar-refractivity contribution in [1.29, 1.82) is 0 Å². The second-order valence-electron chi connectivity index (χ2n) is 4.70. The summed E-state index contributed by atoms with van der Waals surface area (Å²) in [7, 11) is 0. The molecule has 0 spiro atoms. The highest BCUT2D eigenvalue weighted by Crippen LogP contribution is 2.09. The van der Waals surface area contributed by atoms with Crippen LogP contribution in [0.25, 0.3) is 0 Å². The molecule has 116 valence electrons. The molecule has 2 amide bonds. The first-order valence-electron chi connectivity index (χ1n) is 6.77. The lowest BCUT2D eigenvalue weighted by atomic mass is 10.2. The number of hydrogen-bond donors (Lipinski definition) is 1. The molecule has 0 radical (unpaired) electrons. The third kappa shape index (κ3) is 3.91. The fourth-order valence-electron chi connectivity index (χ4n) is 1.88. The van der Waals surface area contributed by atoms with Crippen LogP contribution in [0.15, 0.2) is 34.9 Å². The Morgan fingerprint density at radius 2 is 2.00 bits per heavy atom. The number of aromatic nitrogens is 1. The number of nitrogens with one attached hydrogen (secondary N) is 1. The number of carbonyl (C=O) groups excluding carboxylic acids is 2. The van der Waals surface area contributed by atoms with E-state index in [1.807, 2.05) is 0 Å². The number of aryl methyl sites for hydroxylation is 1. The van der Waals surface area contributed by atoms with Gasteiger partial charge >= 0.3 is 0 Å². The summed E-state index contributed by atoms with van der Waals surface area (Å²) in [6.07, 6.45) is 0. The smallest absolute Gasteiger partial charge is 0.254 e. The van der Waals surface area contributed by atoms with Gasteiger partial charge in [0.25, 0.3) is 5.91 Å². The van der Waals surface area contributed by atoms with Gasteiger partial charge < -0.3 is 14.7 Å². The zero-order valence-corrected chi connectivity index (χ0v) is 12.3. The maximum Gasteiger partial charge on any atom is 0.254 e. The number of halogens is 1. The second kappa shape index (κ2) is 6.84. The lowest BCUT2D eigenvalue weighted by Crippen LogP contribution is -2.37. The molecule has 0 aliphatic carbocycles. The topological polar surface area (TPSA) is 75.4 Å². The Hall–Kier alpha value is -2.70. The number of benzene rings is 1. The second-order valence-corrected chi connectivity index (χ2v) is 4.70. The third-order valence-electron chi connectivity index (χ3n) is 2.99. The van der Waals surface area contributed by atoms with E-state index in [1.165, 1.54) is 29.2 Å². The lowest BCUT2D eigenvalue weighted by Gasteiger charge is -2.20. The molecule has 2 rings (SSSR count). The standard InChI is InChI=1S/C15H16FN3O3/c1-3-19(15(21)11-4-6-12(16)7-5-11)9-14(20)17-13-8-10(2)22-18-13/h4-8H,3,9H2,1-2H3,(H,17,18,20). The summed E-state index contributed by atoms with van der Waals surface area (Å²) in [6, 6.07) is 6.77. The first-order valence-corrected chi connectivity index (χ1v) is 6.77. The van der Waals surface area contributed by atoms with Crippen molar-refractivity contribution in [2.75, 3.05) is 18.4 Å². The van der Waals surface area contributed by atoms with Crippen LogP contribution in [0.3, 0.4) is 0 Å². The van der Waals surface area contributed by atoms with Crippen LogP contribution in [0.4, 0.5) is 10.2 Å². The van der Waals surface area contributed by atoms with E-state index >= 15 is 0 Å². The van der Waals surface area contributed by atoms with Gasteiger partial charge in [0.2, 0.25) is 5.91 Å². The van der Waals surface area contributed by atoms with Crippen molar-refractivity contribution < 1.29 is 18.5 Å². The molecule has 0 saturated heterocycles. The van der Waals surface area contributed by atoms with Gasteiger partial charge in [0.15, 0.2) is 5.82 Å². The van der Waals surface area contributed by atoms with Gasteiger partial charge in [-0.25, -0.2) is 4.39 Å². The van der Waals surface area contributed by atoms with Crippen LogP contribution >= 0.6 is 0 Å². The number of carbonyl (C=O) groups is 2. The molecule has 22 heavy (non-hydrogen) atoms. The lowest BCUT2D eigenvalue weighted by molar-refractivity contribution is -0.116. The minimum absolute atomic E-state index is 0.126. The van der Waals surface area contributed by atoms with Crippen molar-refractivity contribution in [3.8, 4) is 0 Å². The number of rotatable bonds is 5. The van der Waals surface area contributed by atoms with Crippen molar-refractivity contribution in [2.45, 2.75) is 13.8 Å². The maximum absolute atomic E-state index is 12.9. The molecule has 0 atom stereocenters. The van der Waals surface area contributed by atoms with Crippen LogP contribution in [0.2, 0.25) is 0 Å². The van der Waals surface area contributed by atoms with E-state index in [1.54, 1.807) is 19.9 Å². The highest BCUT2D eigenvalue weighted by Gasteiger charge is 2.18. The molecule has 1 N–H and O–H groups in total. The summed E-state index contributed by atoms with van der Waals surface area (Å²) in [6.45, 7) is 3.69. The third-order valence-corrected chi connectivity index (χ3v) is 2.99. The maximum atomic E-state index is 12.9. The minimum atomic E-state index is -0.418. The molecular weight excluding hydrogens is 289 g/mol. The molecule has 1 aromatic carbocycles. The van der Waals surface area contributed by atoms with Crippen molar-refractivity contribution in [2.24, 2.45) is 0 Å². The van der Waals surface area contributed by atoms with Gasteiger partial charge in [0.05, 0.1) is 0 Å². The van der Waals surface area contributed by atoms with Gasteiger partial charge in [0.1, 0.15) is 18.1 Å². The zero-order chi connectivity index (χ0) is 16.1. The zero-order valence-electron chi connectivity index (χ0n) is 12.3. The van der Waals surface area contributed by atoms with E-state index in [0.29, 0.717) is 23.7 Å². The normalized spacial score (nSPS) is 10.3. The summed E-state index contributed by atoms with van der Waals surface area (Å²) in [5, 5.41) is 6.19. The van der Waals surface area contributed by atoms with Crippen molar-refractivity contribution in [1.82, 2.24) is 10.1 Å². The first kappa shape index (κ1) is 15.7. The SMILES string of the molecule is CCN(CC(=O)Nc1cc(C)on1)C(=O)c1ccc(F)cc1. The fourth-order valence-corrected chi connectivity index (χ4v) is 1.88. The predicted molar refractivity (Wildman–Crippen MR) is 77.8 cm³/mol. The molecule has 0 unspecified atom stereocenters. The average Bonchev–Trinajstić information content (AvgIpc) is 2.90. The molecule has 0 aliphatic rings. The fraction of sp³-hybridized carbons (Fsp3) is 0.267.